The molecular formula is C28H38NO10P. The summed E-state index contributed by atoms with van der Waals surface area (Å²) < 4.78 is 53.8. The molecule has 0 aliphatic carbocycles. The lowest BCUT2D eigenvalue weighted by Gasteiger charge is -2.45. The summed E-state index contributed by atoms with van der Waals surface area (Å²) in [4.78, 5) is 24.5. The van der Waals surface area contributed by atoms with Gasteiger partial charge in [-0.3, -0.25) is 23.2 Å². The molecule has 0 unspecified atom stereocenters. The number of amides is 1. The molecule has 0 spiro atoms. The Morgan fingerprint density at radius 2 is 1.45 bits per heavy atom. The van der Waals surface area contributed by atoms with E-state index in [9.17, 15) is 14.2 Å². The molecule has 1 aliphatic rings. The Labute approximate surface area is 235 Å². The number of carbonyl (C=O) groups is 2. The second-order valence-corrected chi connectivity index (χ2v) is 10.6. The van der Waals surface area contributed by atoms with E-state index in [0.717, 1.165) is 11.1 Å². The maximum atomic E-state index is 13.3. The summed E-state index contributed by atoms with van der Waals surface area (Å²) in [6.07, 6.45) is -4.23. The standard InChI is InChI=1S/C28H38NO10P/c1-5-35-40(32,36-6-2)39-28-25(29-20(3)30)27(37-21(4)31)26(34-18-23-15-11-8-12-16-23)24(38-28)19-33-17-22-13-9-7-10-14-22/h7-16,24-28H,5-6,17-19H2,1-4H3,(H,29,30)/t24-,25-,26+,27-,28-/m1/s1. The van der Waals surface area contributed by atoms with Gasteiger partial charge in [-0.15, -0.1) is 0 Å². The third-order valence-electron chi connectivity index (χ3n) is 5.80. The fourth-order valence-corrected chi connectivity index (χ4v) is 5.49. The summed E-state index contributed by atoms with van der Waals surface area (Å²) in [5.74, 6) is -1.07. The smallest absolute Gasteiger partial charge is 0.457 e. The highest BCUT2D eigenvalue weighted by molar-refractivity contribution is 7.48. The molecule has 0 aromatic heterocycles. The first-order valence-corrected chi connectivity index (χ1v) is 14.6. The van der Waals surface area contributed by atoms with Gasteiger partial charge in [-0.05, 0) is 25.0 Å². The minimum atomic E-state index is -4.11. The van der Waals surface area contributed by atoms with Crippen LogP contribution in [0.3, 0.4) is 0 Å². The van der Waals surface area contributed by atoms with Gasteiger partial charge in [0.15, 0.2) is 12.4 Å². The summed E-state index contributed by atoms with van der Waals surface area (Å²) in [6, 6.07) is 17.9. The Morgan fingerprint density at radius 1 is 0.875 bits per heavy atom. The summed E-state index contributed by atoms with van der Waals surface area (Å²) in [6.45, 7) is 6.33. The van der Waals surface area contributed by atoms with Gasteiger partial charge < -0.3 is 24.3 Å². The van der Waals surface area contributed by atoms with Crippen molar-refractivity contribution in [2.45, 2.75) is 71.6 Å². The van der Waals surface area contributed by atoms with E-state index in [0.29, 0.717) is 0 Å². The molecule has 1 amide bonds. The molecule has 1 N–H and O–H groups in total. The Kier molecular flexibility index (Phi) is 12.7. The average Bonchev–Trinajstić information content (AvgIpc) is 2.91. The van der Waals surface area contributed by atoms with E-state index in [1.165, 1.54) is 13.8 Å². The topological polar surface area (TPSA) is 128 Å². The van der Waals surface area contributed by atoms with E-state index in [-0.39, 0.29) is 33.0 Å². The summed E-state index contributed by atoms with van der Waals surface area (Å²) in [5.41, 5.74) is 1.82. The van der Waals surface area contributed by atoms with Gasteiger partial charge >= 0.3 is 13.8 Å². The number of esters is 1. The van der Waals surface area contributed by atoms with Crippen molar-refractivity contribution in [2.24, 2.45) is 0 Å². The number of hydrogen-bond acceptors (Lipinski definition) is 10. The van der Waals surface area contributed by atoms with Crippen LogP contribution < -0.4 is 5.32 Å². The Morgan fingerprint density at radius 3 is 1.98 bits per heavy atom. The third kappa shape index (κ3) is 9.78. The van der Waals surface area contributed by atoms with Crippen molar-refractivity contribution in [2.75, 3.05) is 19.8 Å². The molecule has 12 heteroatoms. The molecule has 220 valence electrons. The number of ether oxygens (including phenoxy) is 4. The van der Waals surface area contributed by atoms with Crippen LogP contribution >= 0.6 is 7.82 Å². The minimum absolute atomic E-state index is 0.00629. The Balaban J connectivity index is 1.94. The van der Waals surface area contributed by atoms with E-state index < -0.39 is 50.3 Å². The highest BCUT2D eigenvalue weighted by atomic mass is 31.2. The molecule has 5 atom stereocenters. The van der Waals surface area contributed by atoms with Crippen LogP contribution in [-0.4, -0.2) is 62.3 Å². The summed E-state index contributed by atoms with van der Waals surface area (Å²) in [7, 11) is -4.11. The lowest BCUT2D eigenvalue weighted by molar-refractivity contribution is -0.268. The summed E-state index contributed by atoms with van der Waals surface area (Å²) in [5, 5.41) is 2.71. The maximum Gasteiger partial charge on any atom is 0.477 e. The zero-order valence-electron chi connectivity index (χ0n) is 23.2. The molecule has 40 heavy (non-hydrogen) atoms. The molecule has 3 rings (SSSR count). The molecule has 11 nitrogen and oxygen atoms in total. The largest absolute Gasteiger partial charge is 0.477 e. The quantitative estimate of drug-likeness (QED) is 0.243. The van der Waals surface area contributed by atoms with Gasteiger partial charge in [0.25, 0.3) is 0 Å². The average molecular weight is 580 g/mol. The predicted molar refractivity (Wildman–Crippen MR) is 145 cm³/mol. The van der Waals surface area contributed by atoms with E-state index >= 15 is 0 Å². The van der Waals surface area contributed by atoms with E-state index in [2.05, 4.69) is 5.32 Å². The lowest BCUT2D eigenvalue weighted by Crippen LogP contribution is -2.66. The van der Waals surface area contributed by atoms with Crippen LogP contribution in [0.15, 0.2) is 60.7 Å². The minimum Gasteiger partial charge on any atom is -0.457 e. The van der Waals surface area contributed by atoms with Gasteiger partial charge in [0.05, 0.1) is 33.0 Å². The zero-order valence-corrected chi connectivity index (χ0v) is 24.1. The van der Waals surface area contributed by atoms with Crippen LogP contribution in [0.5, 0.6) is 0 Å². The van der Waals surface area contributed by atoms with Gasteiger partial charge in [0.2, 0.25) is 5.91 Å². The SMILES string of the molecule is CCOP(=O)(OCC)O[C@H]1O[C@H](COCc2ccccc2)[C@H](OCc2ccccc2)[C@H](OC(C)=O)[C@H]1NC(C)=O. The second kappa shape index (κ2) is 16.0. The molecular weight excluding hydrogens is 541 g/mol. The molecule has 0 saturated carbocycles. The molecule has 2 aromatic carbocycles. The fraction of sp³-hybridized carbons (Fsp3) is 0.500. The van der Waals surface area contributed by atoms with Crippen molar-refractivity contribution in [1.29, 1.82) is 0 Å². The molecule has 1 saturated heterocycles. The van der Waals surface area contributed by atoms with Gasteiger partial charge in [0.1, 0.15) is 18.2 Å². The first kappa shape index (κ1) is 31.9. The predicted octanol–water partition coefficient (Wildman–Crippen LogP) is 4.15. The molecule has 1 heterocycles. The van der Waals surface area contributed by atoms with Gasteiger partial charge in [-0.1, -0.05) is 60.7 Å². The van der Waals surface area contributed by atoms with E-state index in [1.807, 2.05) is 60.7 Å². The van der Waals surface area contributed by atoms with Crippen molar-refractivity contribution in [3.05, 3.63) is 71.8 Å². The van der Waals surface area contributed by atoms with E-state index in [4.69, 9.17) is 32.5 Å². The van der Waals surface area contributed by atoms with Crippen LogP contribution in [0, 0.1) is 0 Å². The third-order valence-corrected chi connectivity index (χ3v) is 7.42. The monoisotopic (exact) mass is 579 g/mol. The van der Waals surface area contributed by atoms with Crippen LogP contribution in [0.1, 0.15) is 38.8 Å². The number of carbonyl (C=O) groups excluding carboxylic acids is 2. The van der Waals surface area contributed by atoms with Gasteiger partial charge in [-0.25, -0.2) is 4.57 Å². The van der Waals surface area contributed by atoms with Crippen molar-refractivity contribution < 1.29 is 46.7 Å². The number of hydrogen-bond donors (Lipinski definition) is 1. The Bertz CT molecular complexity index is 1090. The highest BCUT2D eigenvalue weighted by Gasteiger charge is 2.52. The molecule has 1 fully saturated rings. The normalized spacial score (nSPS) is 22.9. The van der Waals surface area contributed by atoms with Crippen LogP contribution in [0.2, 0.25) is 0 Å². The second-order valence-electron chi connectivity index (χ2n) is 8.99. The maximum absolute atomic E-state index is 13.3. The van der Waals surface area contributed by atoms with Crippen molar-refractivity contribution >= 4 is 19.7 Å². The number of rotatable bonds is 15. The van der Waals surface area contributed by atoms with Crippen molar-refractivity contribution in [1.82, 2.24) is 5.32 Å². The zero-order chi connectivity index (χ0) is 29.0. The van der Waals surface area contributed by atoms with Crippen molar-refractivity contribution in [3.63, 3.8) is 0 Å². The van der Waals surface area contributed by atoms with Crippen molar-refractivity contribution in [3.8, 4) is 0 Å². The van der Waals surface area contributed by atoms with Gasteiger partial charge in [-0.2, -0.15) is 0 Å². The highest BCUT2D eigenvalue weighted by Crippen LogP contribution is 2.52. The van der Waals surface area contributed by atoms with Crippen LogP contribution in [0.25, 0.3) is 0 Å². The summed E-state index contributed by atoms with van der Waals surface area (Å²) >= 11 is 0. The van der Waals surface area contributed by atoms with Crippen LogP contribution in [0.4, 0.5) is 0 Å². The number of phosphoric ester groups is 1. The number of nitrogens with one attached hydrogen (secondary N) is 1. The Hall–Kier alpha value is -2.63. The molecule has 0 radical (unpaired) electrons. The lowest BCUT2D eigenvalue weighted by atomic mass is 9.96. The first-order valence-electron chi connectivity index (χ1n) is 13.2. The van der Waals surface area contributed by atoms with Crippen LogP contribution in [-0.2, 0) is 59.9 Å². The number of benzene rings is 2. The fourth-order valence-electron chi connectivity index (χ4n) is 4.22. The van der Waals surface area contributed by atoms with E-state index in [1.54, 1.807) is 13.8 Å². The number of phosphoric acid groups is 1. The molecule has 0 bridgehead atoms. The van der Waals surface area contributed by atoms with Gasteiger partial charge in [0, 0.05) is 13.8 Å². The first-order chi connectivity index (χ1) is 19.2. The molecule has 1 aliphatic heterocycles. The molecule has 2 aromatic rings.